The molecule has 0 atom stereocenters. The van der Waals surface area contributed by atoms with Gasteiger partial charge in [-0.05, 0) is 118 Å². The second kappa shape index (κ2) is 27.3. The van der Waals surface area contributed by atoms with Crippen LogP contribution in [0.5, 0.6) is 0 Å². The molecular formula is C47H56BClF9N5O8. The van der Waals surface area contributed by atoms with Crippen LogP contribution in [0.2, 0.25) is 11.8 Å². The van der Waals surface area contributed by atoms with Gasteiger partial charge in [-0.2, -0.15) is 39.5 Å². The lowest BCUT2D eigenvalue weighted by Gasteiger charge is -2.33. The number of hydrogen-bond acceptors (Lipinski definition) is 10. The number of ketones is 3. The number of carbonyl (C=O) groups is 6. The number of Topliss-reactive ketones (excluding diaryl/α,β-unsaturated/α-hetero) is 3. The second-order valence-corrected chi connectivity index (χ2v) is 17.5. The van der Waals surface area contributed by atoms with E-state index in [1.54, 1.807) is 30.8 Å². The van der Waals surface area contributed by atoms with E-state index >= 15 is 0 Å². The fourth-order valence-corrected chi connectivity index (χ4v) is 7.45. The Kier molecular flexibility index (Phi) is 23.0. The van der Waals surface area contributed by atoms with E-state index in [4.69, 9.17) is 26.5 Å². The number of carboxylic acids is 1. The molecule has 0 unspecified atom stereocenters. The number of amides is 2. The third-order valence-corrected chi connectivity index (χ3v) is 11.4. The quantitative estimate of drug-likeness (QED) is 0.142. The highest BCUT2D eigenvalue weighted by Crippen LogP contribution is 2.32. The first-order valence-electron chi connectivity index (χ1n) is 22.5. The molecule has 4 N–H and O–H groups in total. The van der Waals surface area contributed by atoms with Crippen molar-refractivity contribution in [1.29, 1.82) is 0 Å². The van der Waals surface area contributed by atoms with Crippen LogP contribution in [-0.4, -0.2) is 132 Å². The van der Waals surface area contributed by atoms with Crippen LogP contribution in [-0.2, 0) is 31.5 Å². The van der Waals surface area contributed by atoms with E-state index in [0.717, 1.165) is 81.8 Å². The first-order valence-corrected chi connectivity index (χ1v) is 22.9. The predicted molar refractivity (Wildman–Crippen MR) is 247 cm³/mol. The molecule has 4 saturated heterocycles. The summed E-state index contributed by atoms with van der Waals surface area (Å²) < 4.78 is 109. The lowest BCUT2D eigenvalue weighted by atomic mass is 9.83. The number of piperidine rings is 4. The maximum absolute atomic E-state index is 13.0. The first-order chi connectivity index (χ1) is 33.0. The largest absolute Gasteiger partial charge is 0.490 e. The minimum absolute atomic E-state index is 0.0201. The van der Waals surface area contributed by atoms with Crippen LogP contribution >= 0.6 is 11.6 Å². The zero-order valence-electron chi connectivity index (χ0n) is 39.2. The third-order valence-electron chi connectivity index (χ3n) is 11.2. The van der Waals surface area contributed by atoms with Gasteiger partial charge in [0.2, 0.25) is 0 Å². The lowest BCUT2D eigenvalue weighted by molar-refractivity contribution is -0.192. The van der Waals surface area contributed by atoms with Crippen molar-refractivity contribution in [3.05, 3.63) is 99.1 Å². The van der Waals surface area contributed by atoms with E-state index in [2.05, 4.69) is 10.6 Å². The summed E-state index contributed by atoms with van der Waals surface area (Å²) in [5.41, 5.74) is 0.263. The summed E-state index contributed by atoms with van der Waals surface area (Å²) in [4.78, 5) is 71.0. The highest BCUT2D eigenvalue weighted by Gasteiger charge is 2.38. The summed E-state index contributed by atoms with van der Waals surface area (Å²) >= 11 is 5.87. The molecule has 390 valence electrons. The molecule has 3 aromatic carbocycles. The highest BCUT2D eigenvalue weighted by atomic mass is 35.5. The van der Waals surface area contributed by atoms with E-state index in [1.165, 1.54) is 24.0 Å². The SMILES string of the molecule is CB(O)N1CCC(=O)CC1.Cc1cc(C(=O)N2CCC(=O)CC2)cc(C(F)(F)F)c1.Cc1cc(C(=O)N2CCC(Nc3ccc(Cl)cc3)CC2)cc(C(F)(F)F)c1.O=C(O)C(F)(F)F.O=C1CCNCC1. The number of aryl methyl sites for hydroxylation is 2. The van der Waals surface area contributed by atoms with Crippen LogP contribution in [0.1, 0.15) is 94.3 Å². The molecule has 4 fully saturated rings. The molecule has 71 heavy (non-hydrogen) atoms. The summed E-state index contributed by atoms with van der Waals surface area (Å²) in [7, 11) is -0.395. The normalized spacial score (nSPS) is 16.9. The fraction of sp³-hybridized carbons (Fsp3) is 0.489. The molecule has 0 spiro atoms. The number of rotatable bonds is 5. The number of aliphatic carboxylic acids is 1. The maximum atomic E-state index is 13.0. The Morgan fingerprint density at radius 1 is 0.634 bits per heavy atom. The van der Waals surface area contributed by atoms with Crippen molar-refractivity contribution in [2.75, 3.05) is 57.7 Å². The Balaban J connectivity index is 0.000000262. The van der Waals surface area contributed by atoms with Crippen LogP contribution in [0.3, 0.4) is 0 Å². The maximum Gasteiger partial charge on any atom is 0.490 e. The number of nitrogens with one attached hydrogen (secondary N) is 2. The average Bonchev–Trinajstić information content (AvgIpc) is 3.30. The number of benzene rings is 3. The minimum atomic E-state index is -5.08. The molecule has 0 aromatic heterocycles. The van der Waals surface area contributed by atoms with Gasteiger partial charge >= 0.3 is 31.5 Å². The van der Waals surface area contributed by atoms with Gasteiger partial charge in [0.05, 0.1) is 11.1 Å². The van der Waals surface area contributed by atoms with Gasteiger partial charge < -0.3 is 35.4 Å². The van der Waals surface area contributed by atoms with E-state index in [0.29, 0.717) is 53.6 Å². The molecule has 7 rings (SSSR count). The summed E-state index contributed by atoms with van der Waals surface area (Å²) in [6.07, 6.45) is -9.35. The second-order valence-electron chi connectivity index (χ2n) is 17.0. The van der Waals surface area contributed by atoms with Gasteiger partial charge in [0.15, 0.2) is 0 Å². The summed E-state index contributed by atoms with van der Waals surface area (Å²) in [5.74, 6) is -2.77. The molecule has 4 aliphatic heterocycles. The highest BCUT2D eigenvalue weighted by molar-refractivity contribution is 6.45. The van der Waals surface area contributed by atoms with E-state index in [9.17, 15) is 63.5 Å². The Bertz CT molecular complexity index is 2260. The standard InChI is InChI=1S/C20H20ClF3N2O.C14H14F3NO2.C6H12BNO2.C5H9NO.C2HF3O2/c1-13-10-14(12-15(11-13)20(22,23)24)19(27)26-8-6-18(7-9-26)25-17-4-2-16(21)3-5-17;1-9-6-10(8-11(7-9)14(15,16)17)13(20)18-4-2-12(19)3-5-18;1-7(10)8-4-2-6(9)3-5-8;7-5-1-3-6-4-2-5;3-2(4,5)1(6)7/h2-5,10-12,18,25H,6-9H2,1H3;6-8H,2-5H2,1H3;10H,2-5H2,1H3;6H,1-4H2;(H,6,7). The predicted octanol–water partition coefficient (Wildman–Crippen LogP) is 8.54. The molecule has 0 saturated carbocycles. The van der Waals surface area contributed by atoms with Crippen molar-refractivity contribution in [3.8, 4) is 0 Å². The molecule has 0 radical (unpaired) electrons. The number of carboxylic acid groups (broad SMARTS) is 1. The Morgan fingerprint density at radius 2 is 1.01 bits per heavy atom. The molecular weight excluding hydrogens is 980 g/mol. The fourth-order valence-electron chi connectivity index (χ4n) is 7.33. The van der Waals surface area contributed by atoms with Crippen LogP contribution in [0.4, 0.5) is 45.2 Å². The van der Waals surface area contributed by atoms with Crippen molar-refractivity contribution < 1.29 is 78.4 Å². The van der Waals surface area contributed by atoms with Crippen molar-refractivity contribution in [2.45, 2.75) is 96.6 Å². The van der Waals surface area contributed by atoms with Crippen molar-refractivity contribution in [3.63, 3.8) is 0 Å². The Labute approximate surface area is 410 Å². The number of halogens is 10. The number of anilines is 1. The van der Waals surface area contributed by atoms with Gasteiger partial charge in [0, 0.05) is 106 Å². The van der Waals surface area contributed by atoms with Gasteiger partial charge in [-0.1, -0.05) is 11.6 Å². The average molecular weight is 1040 g/mol. The van der Waals surface area contributed by atoms with E-state index in [-0.39, 0.29) is 54.8 Å². The molecule has 4 heterocycles. The topological polar surface area (TPSA) is 177 Å². The number of likely N-dealkylation sites (tertiary alicyclic amines) is 2. The number of carbonyl (C=O) groups excluding carboxylic acids is 5. The smallest absolute Gasteiger partial charge is 0.475 e. The zero-order chi connectivity index (χ0) is 53.3. The Hall–Kier alpha value is -5.52. The van der Waals surface area contributed by atoms with E-state index in [1.807, 2.05) is 16.9 Å². The minimum Gasteiger partial charge on any atom is -0.475 e. The van der Waals surface area contributed by atoms with Crippen molar-refractivity contribution in [1.82, 2.24) is 19.9 Å². The van der Waals surface area contributed by atoms with Crippen LogP contribution in [0.25, 0.3) is 0 Å². The molecule has 0 aliphatic carbocycles. The van der Waals surface area contributed by atoms with Crippen LogP contribution in [0.15, 0.2) is 60.7 Å². The van der Waals surface area contributed by atoms with Crippen molar-refractivity contribution >= 4 is 59.5 Å². The summed E-state index contributed by atoms with van der Waals surface area (Å²) in [5, 5.41) is 23.4. The van der Waals surface area contributed by atoms with Crippen LogP contribution < -0.4 is 10.6 Å². The van der Waals surface area contributed by atoms with Gasteiger partial charge in [-0.25, -0.2) is 4.79 Å². The monoisotopic (exact) mass is 1040 g/mol. The third kappa shape index (κ3) is 21.4. The summed E-state index contributed by atoms with van der Waals surface area (Å²) in [6.45, 7) is 9.57. The molecule has 13 nitrogen and oxygen atoms in total. The molecule has 4 aliphatic rings. The lowest BCUT2D eigenvalue weighted by Crippen LogP contribution is -2.43. The van der Waals surface area contributed by atoms with Gasteiger partial charge in [0.25, 0.3) is 11.8 Å². The number of hydrogen-bond donors (Lipinski definition) is 4. The summed E-state index contributed by atoms with van der Waals surface area (Å²) in [6, 6.07) is 14.4. The van der Waals surface area contributed by atoms with Gasteiger partial charge in [-0.15, -0.1) is 0 Å². The molecule has 2 amide bonds. The van der Waals surface area contributed by atoms with Crippen molar-refractivity contribution in [2.24, 2.45) is 0 Å². The molecule has 0 bridgehead atoms. The molecule has 3 aromatic rings. The zero-order valence-corrected chi connectivity index (χ0v) is 40.0. The Morgan fingerprint density at radius 3 is 1.37 bits per heavy atom. The first kappa shape index (κ1) is 59.8. The number of nitrogens with zero attached hydrogens (tertiary/aromatic N) is 3. The van der Waals surface area contributed by atoms with Gasteiger partial charge in [-0.3, -0.25) is 24.0 Å². The van der Waals surface area contributed by atoms with Gasteiger partial charge in [0.1, 0.15) is 17.3 Å². The molecule has 24 heteroatoms. The van der Waals surface area contributed by atoms with Crippen LogP contribution in [0, 0.1) is 13.8 Å². The number of alkyl halides is 9. The van der Waals surface area contributed by atoms with E-state index < -0.39 is 48.6 Å².